The first-order valence-electron chi connectivity index (χ1n) is 8.16. The zero-order chi connectivity index (χ0) is 17.8. The molecular formula is C19H20BrNO4. The molecule has 0 unspecified atom stereocenters. The number of amides is 1. The summed E-state index contributed by atoms with van der Waals surface area (Å²) in [4.78, 5) is 12.6. The van der Waals surface area contributed by atoms with Gasteiger partial charge in [-0.15, -0.1) is 0 Å². The Kier molecular flexibility index (Phi) is 5.48. The summed E-state index contributed by atoms with van der Waals surface area (Å²) in [5.74, 6) is 2.18. The zero-order valence-corrected chi connectivity index (χ0v) is 15.8. The summed E-state index contributed by atoms with van der Waals surface area (Å²) < 4.78 is 17.5. The summed E-state index contributed by atoms with van der Waals surface area (Å²) in [5, 5.41) is 2.89. The van der Waals surface area contributed by atoms with Crippen LogP contribution in [0.5, 0.6) is 17.2 Å². The van der Waals surface area contributed by atoms with Gasteiger partial charge in [0.05, 0.1) is 12.3 Å². The maximum Gasteiger partial charge on any atom is 0.255 e. The van der Waals surface area contributed by atoms with Crippen molar-refractivity contribution in [1.29, 1.82) is 0 Å². The van der Waals surface area contributed by atoms with Gasteiger partial charge in [-0.05, 0) is 40.0 Å². The number of benzene rings is 2. The third-order valence-corrected chi connectivity index (χ3v) is 4.22. The Hall–Kier alpha value is -2.21. The Morgan fingerprint density at radius 1 is 1.20 bits per heavy atom. The van der Waals surface area contributed by atoms with E-state index in [9.17, 15) is 4.79 Å². The minimum absolute atomic E-state index is 0.215. The van der Waals surface area contributed by atoms with Crippen molar-refractivity contribution in [2.75, 3.05) is 25.1 Å². The number of nitrogens with one attached hydrogen (secondary N) is 1. The van der Waals surface area contributed by atoms with Crippen molar-refractivity contribution in [2.24, 2.45) is 5.92 Å². The standard InChI is InChI=1S/C19H20BrNO4/c1-12(2)11-25-14-5-3-4-13(8-14)19(22)21-16-10-18-17(9-15(16)20)23-6-7-24-18/h3-5,8-10,12H,6-7,11H2,1-2H3,(H,21,22). The van der Waals surface area contributed by atoms with E-state index in [-0.39, 0.29) is 5.91 Å². The molecule has 0 saturated carbocycles. The van der Waals surface area contributed by atoms with Gasteiger partial charge in [0.1, 0.15) is 19.0 Å². The lowest BCUT2D eigenvalue weighted by Crippen LogP contribution is -2.17. The molecule has 1 aliphatic rings. The maximum absolute atomic E-state index is 12.6. The fourth-order valence-corrected chi connectivity index (χ4v) is 2.77. The fraction of sp³-hybridized carbons (Fsp3) is 0.316. The number of rotatable bonds is 5. The molecule has 2 aromatic rings. The van der Waals surface area contributed by atoms with Crippen molar-refractivity contribution in [3.05, 3.63) is 46.4 Å². The van der Waals surface area contributed by atoms with Crippen molar-refractivity contribution in [3.8, 4) is 17.2 Å². The number of halogens is 1. The van der Waals surface area contributed by atoms with E-state index in [4.69, 9.17) is 14.2 Å². The van der Waals surface area contributed by atoms with Crippen LogP contribution in [0.15, 0.2) is 40.9 Å². The average molecular weight is 406 g/mol. The second-order valence-corrected chi connectivity index (χ2v) is 7.02. The van der Waals surface area contributed by atoms with Gasteiger partial charge < -0.3 is 19.5 Å². The third kappa shape index (κ3) is 4.45. The number of fused-ring (bicyclic) bond motifs is 1. The van der Waals surface area contributed by atoms with Gasteiger partial charge in [0.25, 0.3) is 5.91 Å². The van der Waals surface area contributed by atoms with Gasteiger partial charge in [-0.2, -0.15) is 0 Å². The summed E-state index contributed by atoms with van der Waals surface area (Å²) >= 11 is 3.46. The molecule has 1 aliphatic heterocycles. The maximum atomic E-state index is 12.6. The first-order chi connectivity index (χ1) is 12.0. The smallest absolute Gasteiger partial charge is 0.255 e. The van der Waals surface area contributed by atoms with Gasteiger partial charge in [0.15, 0.2) is 11.5 Å². The number of hydrogen-bond donors (Lipinski definition) is 1. The Morgan fingerprint density at radius 3 is 2.64 bits per heavy atom. The first kappa shape index (κ1) is 17.6. The Morgan fingerprint density at radius 2 is 1.92 bits per heavy atom. The molecule has 0 aliphatic carbocycles. The number of ether oxygens (including phenoxy) is 3. The highest BCUT2D eigenvalue weighted by atomic mass is 79.9. The summed E-state index contributed by atoms with van der Waals surface area (Å²) in [6.07, 6.45) is 0. The first-order valence-corrected chi connectivity index (χ1v) is 8.95. The van der Waals surface area contributed by atoms with E-state index < -0.39 is 0 Å². The van der Waals surface area contributed by atoms with Crippen molar-refractivity contribution < 1.29 is 19.0 Å². The second-order valence-electron chi connectivity index (χ2n) is 6.16. The SMILES string of the molecule is CC(C)COc1cccc(C(=O)Nc2cc3c(cc2Br)OCCO3)c1. The Labute approximate surface area is 155 Å². The summed E-state index contributed by atoms with van der Waals surface area (Å²) in [6, 6.07) is 10.7. The van der Waals surface area contributed by atoms with Crippen LogP contribution in [0.2, 0.25) is 0 Å². The second kappa shape index (κ2) is 7.78. The Balaban J connectivity index is 1.75. The van der Waals surface area contributed by atoms with Gasteiger partial charge in [0.2, 0.25) is 0 Å². The third-order valence-electron chi connectivity index (χ3n) is 3.56. The van der Waals surface area contributed by atoms with E-state index in [1.807, 2.05) is 12.1 Å². The Bertz CT molecular complexity index is 776. The van der Waals surface area contributed by atoms with Crippen LogP contribution in [-0.4, -0.2) is 25.7 Å². The van der Waals surface area contributed by atoms with Gasteiger partial charge in [-0.3, -0.25) is 4.79 Å². The molecule has 1 heterocycles. The van der Waals surface area contributed by atoms with Gasteiger partial charge in [-0.25, -0.2) is 0 Å². The van der Waals surface area contributed by atoms with Crippen molar-refractivity contribution in [2.45, 2.75) is 13.8 Å². The molecule has 25 heavy (non-hydrogen) atoms. The number of hydrogen-bond acceptors (Lipinski definition) is 4. The lowest BCUT2D eigenvalue weighted by molar-refractivity contribution is 0.102. The van der Waals surface area contributed by atoms with E-state index in [0.29, 0.717) is 54.2 Å². The van der Waals surface area contributed by atoms with E-state index in [1.54, 1.807) is 24.3 Å². The average Bonchev–Trinajstić information content (AvgIpc) is 2.61. The molecule has 0 fully saturated rings. The van der Waals surface area contributed by atoms with Crippen molar-refractivity contribution in [3.63, 3.8) is 0 Å². The fourth-order valence-electron chi connectivity index (χ4n) is 2.34. The molecule has 0 aromatic heterocycles. The minimum Gasteiger partial charge on any atom is -0.493 e. The minimum atomic E-state index is -0.215. The number of carbonyl (C=O) groups excluding carboxylic acids is 1. The van der Waals surface area contributed by atoms with Crippen LogP contribution < -0.4 is 19.5 Å². The highest BCUT2D eigenvalue weighted by Crippen LogP contribution is 2.38. The zero-order valence-electron chi connectivity index (χ0n) is 14.2. The van der Waals surface area contributed by atoms with Crippen LogP contribution in [0.3, 0.4) is 0 Å². The van der Waals surface area contributed by atoms with Crippen LogP contribution in [0.4, 0.5) is 5.69 Å². The van der Waals surface area contributed by atoms with E-state index in [0.717, 1.165) is 4.47 Å². The molecule has 0 spiro atoms. The number of anilines is 1. The molecule has 3 rings (SSSR count). The highest BCUT2D eigenvalue weighted by molar-refractivity contribution is 9.10. The van der Waals surface area contributed by atoms with E-state index in [1.165, 1.54) is 0 Å². The molecular weight excluding hydrogens is 386 g/mol. The highest BCUT2D eigenvalue weighted by Gasteiger charge is 2.17. The predicted octanol–water partition coefficient (Wildman–Crippen LogP) is 4.51. The van der Waals surface area contributed by atoms with Crippen molar-refractivity contribution in [1.82, 2.24) is 0 Å². The molecule has 5 nitrogen and oxygen atoms in total. The lowest BCUT2D eigenvalue weighted by Gasteiger charge is -2.20. The molecule has 0 atom stereocenters. The summed E-state index contributed by atoms with van der Waals surface area (Å²) in [7, 11) is 0. The molecule has 1 amide bonds. The monoisotopic (exact) mass is 405 g/mol. The van der Waals surface area contributed by atoms with Crippen LogP contribution in [0.25, 0.3) is 0 Å². The molecule has 0 radical (unpaired) electrons. The quantitative estimate of drug-likeness (QED) is 0.794. The predicted molar refractivity (Wildman–Crippen MR) is 99.9 cm³/mol. The molecule has 6 heteroatoms. The number of carbonyl (C=O) groups is 1. The summed E-state index contributed by atoms with van der Waals surface area (Å²) in [6.45, 7) is 5.79. The van der Waals surface area contributed by atoms with Crippen LogP contribution in [-0.2, 0) is 0 Å². The van der Waals surface area contributed by atoms with Crippen molar-refractivity contribution >= 4 is 27.5 Å². The summed E-state index contributed by atoms with van der Waals surface area (Å²) in [5.41, 5.74) is 1.16. The molecule has 132 valence electrons. The molecule has 1 N–H and O–H groups in total. The van der Waals surface area contributed by atoms with E-state index in [2.05, 4.69) is 35.1 Å². The largest absolute Gasteiger partial charge is 0.493 e. The molecule has 2 aromatic carbocycles. The van der Waals surface area contributed by atoms with Crippen LogP contribution in [0, 0.1) is 5.92 Å². The van der Waals surface area contributed by atoms with Crippen LogP contribution in [0.1, 0.15) is 24.2 Å². The topological polar surface area (TPSA) is 56.8 Å². The molecule has 0 saturated heterocycles. The lowest BCUT2D eigenvalue weighted by atomic mass is 10.2. The normalized spacial score (nSPS) is 12.8. The van der Waals surface area contributed by atoms with Gasteiger partial charge in [-0.1, -0.05) is 19.9 Å². The molecule has 0 bridgehead atoms. The van der Waals surface area contributed by atoms with E-state index >= 15 is 0 Å². The van der Waals surface area contributed by atoms with Gasteiger partial charge >= 0.3 is 0 Å². The van der Waals surface area contributed by atoms with Gasteiger partial charge in [0, 0.05) is 22.2 Å². The van der Waals surface area contributed by atoms with Crippen LogP contribution >= 0.6 is 15.9 Å².